The number of nitrogens with one attached hydrogen (secondary N) is 4. The molecule has 12 nitrogen and oxygen atoms in total. The minimum atomic E-state index is -1.39. The Morgan fingerprint density at radius 2 is 1.48 bits per heavy atom. The number of para-hydroxylation sites is 1. The van der Waals surface area contributed by atoms with Gasteiger partial charge in [-0.15, -0.1) is 0 Å². The molecule has 0 spiro atoms. The van der Waals surface area contributed by atoms with Gasteiger partial charge in [0.2, 0.25) is 23.6 Å². The van der Waals surface area contributed by atoms with Crippen molar-refractivity contribution >= 4 is 52.3 Å². The van der Waals surface area contributed by atoms with Gasteiger partial charge >= 0.3 is 5.97 Å². The molecule has 0 saturated carbocycles. The number of aliphatic carboxylic acids is 1. The van der Waals surface area contributed by atoms with Crippen LogP contribution >= 0.6 is 11.8 Å². The number of aromatic nitrogens is 1. The Kier molecular flexibility index (Phi) is 11.9. The third-order valence-electron chi connectivity index (χ3n) is 6.64. The molecule has 4 amide bonds. The van der Waals surface area contributed by atoms with E-state index >= 15 is 0 Å². The molecule has 13 heteroatoms. The first-order valence-corrected chi connectivity index (χ1v) is 14.7. The highest BCUT2D eigenvalue weighted by Crippen LogP contribution is 2.19. The lowest BCUT2D eigenvalue weighted by Gasteiger charge is -2.25. The summed E-state index contributed by atoms with van der Waals surface area (Å²) in [5.41, 5.74) is 13.5. The second kappa shape index (κ2) is 15.6. The molecule has 1 aromatic heterocycles. The molecule has 2 aromatic carbocycles. The molecule has 0 fully saturated rings. The maximum atomic E-state index is 13.5. The average molecular weight is 597 g/mol. The van der Waals surface area contributed by atoms with Crippen molar-refractivity contribution in [2.75, 3.05) is 12.0 Å². The number of primary amides is 1. The fourth-order valence-electron chi connectivity index (χ4n) is 4.39. The normalized spacial score (nSPS) is 13.9. The number of amides is 4. The standard InChI is InChI=1S/C29H36N6O6S/c1-42-12-11-20(30)26(37)33-23(15-25(31)36)28(39)34-22(13-17-7-3-2-4-8-17)27(38)35-24(29(40)41)14-18-16-32-21-10-6-5-9-19(18)21/h2-10,16,20,22-24,32H,11-15,30H2,1H3,(H2,31,36)(H,33,37)(H,34,39)(H,35,38)(H,40,41). The van der Waals surface area contributed by atoms with Crippen LogP contribution in [-0.4, -0.2) is 75.9 Å². The molecule has 0 radical (unpaired) electrons. The largest absolute Gasteiger partial charge is 0.480 e. The molecule has 9 N–H and O–H groups in total. The van der Waals surface area contributed by atoms with E-state index in [2.05, 4.69) is 20.9 Å². The summed E-state index contributed by atoms with van der Waals surface area (Å²) in [6.07, 6.45) is 3.39. The second-order valence-electron chi connectivity index (χ2n) is 9.83. The monoisotopic (exact) mass is 596 g/mol. The van der Waals surface area contributed by atoms with Crippen molar-refractivity contribution < 1.29 is 29.1 Å². The maximum Gasteiger partial charge on any atom is 0.326 e. The molecule has 224 valence electrons. The molecule has 4 atom stereocenters. The van der Waals surface area contributed by atoms with E-state index in [-0.39, 0.29) is 12.8 Å². The number of carboxylic acids is 1. The highest BCUT2D eigenvalue weighted by Gasteiger charge is 2.31. The van der Waals surface area contributed by atoms with E-state index in [4.69, 9.17) is 11.5 Å². The minimum Gasteiger partial charge on any atom is -0.480 e. The number of carbonyl (C=O) groups is 5. The van der Waals surface area contributed by atoms with Crippen LogP contribution in [0.3, 0.4) is 0 Å². The Bertz CT molecular complexity index is 1400. The van der Waals surface area contributed by atoms with E-state index < -0.39 is 60.2 Å². The molecular weight excluding hydrogens is 560 g/mol. The molecular formula is C29H36N6O6S. The zero-order chi connectivity index (χ0) is 30.6. The molecule has 3 rings (SSSR count). The van der Waals surface area contributed by atoms with Gasteiger partial charge in [-0.25, -0.2) is 4.79 Å². The molecule has 0 aliphatic rings. The lowest BCUT2D eigenvalue weighted by atomic mass is 10.0. The summed E-state index contributed by atoms with van der Waals surface area (Å²) in [5.74, 6) is -3.71. The van der Waals surface area contributed by atoms with Gasteiger partial charge in [-0.3, -0.25) is 19.2 Å². The smallest absolute Gasteiger partial charge is 0.326 e. The number of benzene rings is 2. The van der Waals surface area contributed by atoms with Gasteiger partial charge in [-0.05, 0) is 35.6 Å². The van der Waals surface area contributed by atoms with Gasteiger partial charge in [-0.1, -0.05) is 48.5 Å². The van der Waals surface area contributed by atoms with Gasteiger partial charge in [0.1, 0.15) is 18.1 Å². The van der Waals surface area contributed by atoms with Crippen LogP contribution in [0.15, 0.2) is 60.8 Å². The number of hydrogen-bond donors (Lipinski definition) is 7. The molecule has 1 heterocycles. The number of carbonyl (C=O) groups excluding carboxylic acids is 4. The maximum absolute atomic E-state index is 13.5. The Hall–Kier alpha value is -4.36. The predicted molar refractivity (Wildman–Crippen MR) is 160 cm³/mol. The molecule has 0 aliphatic heterocycles. The number of aromatic amines is 1. The van der Waals surface area contributed by atoms with Crippen molar-refractivity contribution in [2.24, 2.45) is 11.5 Å². The van der Waals surface area contributed by atoms with Gasteiger partial charge < -0.3 is 37.5 Å². The van der Waals surface area contributed by atoms with Crippen LogP contribution in [0.5, 0.6) is 0 Å². The minimum absolute atomic E-state index is 0.00855. The van der Waals surface area contributed by atoms with E-state index in [1.807, 2.05) is 30.5 Å². The van der Waals surface area contributed by atoms with Crippen molar-refractivity contribution in [3.63, 3.8) is 0 Å². The number of thioether (sulfide) groups is 1. The van der Waals surface area contributed by atoms with Gasteiger partial charge in [-0.2, -0.15) is 11.8 Å². The Labute approximate surface area is 247 Å². The number of hydrogen-bond acceptors (Lipinski definition) is 7. The Balaban J connectivity index is 1.80. The third-order valence-corrected chi connectivity index (χ3v) is 7.28. The summed E-state index contributed by atoms with van der Waals surface area (Å²) < 4.78 is 0. The van der Waals surface area contributed by atoms with Crippen LogP contribution in [0.2, 0.25) is 0 Å². The van der Waals surface area contributed by atoms with Crippen LogP contribution in [0.1, 0.15) is 24.0 Å². The van der Waals surface area contributed by atoms with E-state index in [9.17, 15) is 29.1 Å². The van der Waals surface area contributed by atoms with E-state index in [1.165, 1.54) is 11.8 Å². The summed E-state index contributed by atoms with van der Waals surface area (Å²) in [4.78, 5) is 66.4. The number of fused-ring (bicyclic) bond motifs is 1. The van der Waals surface area contributed by atoms with Crippen molar-refractivity contribution in [1.29, 1.82) is 0 Å². The predicted octanol–water partition coefficient (Wildman–Crippen LogP) is 0.448. The fraction of sp³-hybridized carbons (Fsp3) is 0.345. The topological polar surface area (TPSA) is 209 Å². The van der Waals surface area contributed by atoms with Gasteiger partial charge in [0.15, 0.2) is 0 Å². The average Bonchev–Trinajstić information content (AvgIpc) is 3.37. The quantitative estimate of drug-likeness (QED) is 0.123. The molecule has 0 bridgehead atoms. The second-order valence-corrected chi connectivity index (χ2v) is 10.8. The number of carboxylic acid groups (broad SMARTS) is 1. The zero-order valence-corrected chi connectivity index (χ0v) is 24.0. The van der Waals surface area contributed by atoms with E-state index in [1.54, 1.807) is 36.5 Å². The van der Waals surface area contributed by atoms with Crippen LogP contribution < -0.4 is 27.4 Å². The van der Waals surface area contributed by atoms with E-state index in [0.29, 0.717) is 23.3 Å². The lowest BCUT2D eigenvalue weighted by Crippen LogP contribution is -2.58. The SMILES string of the molecule is CSCCC(N)C(=O)NC(CC(N)=O)C(=O)NC(Cc1ccccc1)C(=O)NC(Cc1c[nH]c2ccccc12)C(=O)O. The molecule has 42 heavy (non-hydrogen) atoms. The van der Waals surface area contributed by atoms with Crippen LogP contribution in [-0.2, 0) is 36.8 Å². The van der Waals surface area contributed by atoms with E-state index in [0.717, 1.165) is 10.9 Å². The zero-order valence-electron chi connectivity index (χ0n) is 23.2. The van der Waals surface area contributed by atoms with Crippen molar-refractivity contribution in [2.45, 2.75) is 49.9 Å². The lowest BCUT2D eigenvalue weighted by molar-refractivity contribution is -0.142. The highest BCUT2D eigenvalue weighted by molar-refractivity contribution is 7.98. The summed E-state index contributed by atoms with van der Waals surface area (Å²) in [7, 11) is 0. The third kappa shape index (κ3) is 9.35. The Morgan fingerprint density at radius 1 is 0.857 bits per heavy atom. The number of H-pyrrole nitrogens is 1. The van der Waals surface area contributed by atoms with Crippen LogP contribution in [0.4, 0.5) is 0 Å². The molecule has 3 aromatic rings. The molecule has 4 unspecified atom stereocenters. The first-order chi connectivity index (χ1) is 20.1. The highest BCUT2D eigenvalue weighted by atomic mass is 32.2. The van der Waals surface area contributed by atoms with Crippen molar-refractivity contribution in [3.05, 3.63) is 71.9 Å². The van der Waals surface area contributed by atoms with Gasteiger partial charge in [0.05, 0.1) is 12.5 Å². The first kappa shape index (κ1) is 32.2. The van der Waals surface area contributed by atoms with Gasteiger partial charge in [0.25, 0.3) is 0 Å². The summed E-state index contributed by atoms with van der Waals surface area (Å²) in [5, 5.41) is 18.3. The van der Waals surface area contributed by atoms with Gasteiger partial charge in [0, 0.05) is 29.9 Å². The number of rotatable bonds is 16. The molecule has 0 saturated heterocycles. The van der Waals surface area contributed by atoms with Crippen LogP contribution in [0.25, 0.3) is 10.9 Å². The fourth-order valence-corrected chi connectivity index (χ4v) is 4.88. The van der Waals surface area contributed by atoms with Crippen molar-refractivity contribution in [1.82, 2.24) is 20.9 Å². The summed E-state index contributed by atoms with van der Waals surface area (Å²) in [6, 6.07) is 11.4. The first-order valence-electron chi connectivity index (χ1n) is 13.3. The molecule has 0 aliphatic carbocycles. The van der Waals surface area contributed by atoms with Crippen molar-refractivity contribution in [3.8, 4) is 0 Å². The van der Waals surface area contributed by atoms with Crippen LogP contribution in [0, 0.1) is 0 Å². The Morgan fingerprint density at radius 3 is 2.14 bits per heavy atom. The number of nitrogens with two attached hydrogens (primary N) is 2. The summed E-state index contributed by atoms with van der Waals surface area (Å²) >= 11 is 1.50. The summed E-state index contributed by atoms with van der Waals surface area (Å²) in [6.45, 7) is 0.